The molecular formula is C22H24N4O7S2. The molecule has 1 fully saturated rings. The highest BCUT2D eigenvalue weighted by atomic mass is 32.2. The van der Waals surface area contributed by atoms with Gasteiger partial charge in [0, 0.05) is 48.6 Å². The molecular weight excluding hydrogens is 496 g/mol. The van der Waals surface area contributed by atoms with Crippen LogP contribution in [0.5, 0.6) is 5.75 Å². The molecule has 2 aliphatic heterocycles. The number of hydrogen-bond acceptors (Lipinski definition) is 9. The lowest BCUT2D eigenvalue weighted by molar-refractivity contribution is -0.385. The average molecular weight is 521 g/mol. The van der Waals surface area contributed by atoms with Gasteiger partial charge in [0.15, 0.2) is 11.9 Å². The number of nitro groups is 1. The zero-order chi connectivity index (χ0) is 24.6. The molecule has 0 bridgehead atoms. The Labute approximate surface area is 206 Å². The Balaban J connectivity index is 1.45. The minimum Gasteiger partial charge on any atom is -0.467 e. The summed E-state index contributed by atoms with van der Waals surface area (Å²) in [5, 5.41) is 12.1. The Morgan fingerprint density at radius 1 is 1.17 bits per heavy atom. The number of rotatable bonds is 7. The van der Waals surface area contributed by atoms with Crippen molar-refractivity contribution in [2.24, 2.45) is 0 Å². The lowest BCUT2D eigenvalue weighted by Gasteiger charge is -2.26. The number of non-ortho nitro benzene ring substituents is 1. The number of nitrogens with zero attached hydrogens (tertiary/aromatic N) is 4. The maximum Gasteiger partial charge on any atom is 0.270 e. The number of thioether (sulfide) groups is 1. The van der Waals surface area contributed by atoms with Crippen LogP contribution in [0.4, 0.5) is 5.69 Å². The van der Waals surface area contributed by atoms with Crippen LogP contribution < -0.4 is 4.74 Å². The number of imidazole rings is 1. The first kappa shape index (κ1) is 24.0. The Morgan fingerprint density at radius 2 is 1.97 bits per heavy atom. The third kappa shape index (κ3) is 4.61. The van der Waals surface area contributed by atoms with Gasteiger partial charge in [0.05, 0.1) is 40.7 Å². The summed E-state index contributed by atoms with van der Waals surface area (Å²) in [6.45, 7) is 4.37. The molecule has 0 radical (unpaired) electrons. The van der Waals surface area contributed by atoms with Gasteiger partial charge in [0.2, 0.25) is 10.0 Å². The molecule has 35 heavy (non-hydrogen) atoms. The Morgan fingerprint density at radius 3 is 2.71 bits per heavy atom. The highest BCUT2D eigenvalue weighted by molar-refractivity contribution is 7.98. The molecule has 0 spiro atoms. The maximum absolute atomic E-state index is 13.1. The maximum atomic E-state index is 13.1. The topological polar surface area (TPSA) is 126 Å². The van der Waals surface area contributed by atoms with Crippen molar-refractivity contribution in [3.8, 4) is 5.75 Å². The molecule has 0 N–H and O–H groups in total. The number of ether oxygens (including phenoxy) is 3. The van der Waals surface area contributed by atoms with Gasteiger partial charge in [-0.25, -0.2) is 13.4 Å². The van der Waals surface area contributed by atoms with Crippen molar-refractivity contribution >= 4 is 38.5 Å². The highest BCUT2D eigenvalue weighted by Gasteiger charge is 2.27. The van der Waals surface area contributed by atoms with E-state index in [2.05, 4.69) is 0 Å². The Hall–Kier alpha value is -2.71. The lowest BCUT2D eigenvalue weighted by atomic mass is 10.1. The van der Waals surface area contributed by atoms with E-state index >= 15 is 0 Å². The lowest BCUT2D eigenvalue weighted by Crippen LogP contribution is -2.40. The van der Waals surface area contributed by atoms with Gasteiger partial charge in [-0.2, -0.15) is 4.31 Å². The van der Waals surface area contributed by atoms with Gasteiger partial charge >= 0.3 is 0 Å². The van der Waals surface area contributed by atoms with E-state index in [1.54, 1.807) is 18.2 Å². The Kier molecular flexibility index (Phi) is 6.68. The van der Waals surface area contributed by atoms with Crippen LogP contribution in [0.25, 0.3) is 11.0 Å². The molecule has 2 aromatic carbocycles. The van der Waals surface area contributed by atoms with Crippen LogP contribution in [-0.2, 0) is 38.4 Å². The van der Waals surface area contributed by atoms with Crippen molar-refractivity contribution in [2.75, 3.05) is 33.1 Å². The average Bonchev–Trinajstić information content (AvgIpc) is 3.24. The molecule has 0 amide bonds. The van der Waals surface area contributed by atoms with Crippen molar-refractivity contribution in [3.05, 3.63) is 51.6 Å². The van der Waals surface area contributed by atoms with Crippen LogP contribution in [0.15, 0.2) is 40.4 Å². The van der Waals surface area contributed by atoms with E-state index in [0.717, 1.165) is 5.52 Å². The number of hydrogen-bond donors (Lipinski definition) is 0. The highest BCUT2D eigenvalue weighted by Crippen LogP contribution is 2.37. The predicted octanol–water partition coefficient (Wildman–Crippen LogP) is 3.14. The first-order valence-electron chi connectivity index (χ1n) is 11.1. The minimum absolute atomic E-state index is 0.0181. The normalized spacial score (nSPS) is 16.7. The summed E-state index contributed by atoms with van der Waals surface area (Å²) in [4.78, 5) is 15.9. The molecule has 0 aliphatic carbocycles. The number of benzene rings is 2. The third-order valence-corrected chi connectivity index (χ3v) is 8.87. The largest absolute Gasteiger partial charge is 0.467 e. The summed E-state index contributed by atoms with van der Waals surface area (Å²) in [7, 11) is -3.64. The molecule has 3 aromatic rings. The number of aromatic nitrogens is 2. The first-order chi connectivity index (χ1) is 16.9. The van der Waals surface area contributed by atoms with E-state index in [1.807, 2.05) is 11.5 Å². The van der Waals surface area contributed by atoms with Gasteiger partial charge in [-0.15, -0.1) is 0 Å². The summed E-state index contributed by atoms with van der Waals surface area (Å²) in [5.41, 5.74) is 2.71. The summed E-state index contributed by atoms with van der Waals surface area (Å²) in [5.74, 6) is 0.999. The van der Waals surface area contributed by atoms with E-state index in [4.69, 9.17) is 19.2 Å². The van der Waals surface area contributed by atoms with Crippen molar-refractivity contribution < 1.29 is 27.6 Å². The molecule has 13 heteroatoms. The van der Waals surface area contributed by atoms with Crippen molar-refractivity contribution in [3.63, 3.8) is 0 Å². The summed E-state index contributed by atoms with van der Waals surface area (Å²) in [6, 6.07) is 7.98. The molecule has 5 rings (SSSR count). The fraction of sp³-hybridized carbons (Fsp3) is 0.409. The second kappa shape index (κ2) is 9.74. The number of morpholine rings is 1. The number of sulfonamides is 1. The number of fused-ring (bicyclic) bond motifs is 2. The second-order valence-corrected chi connectivity index (χ2v) is 10.9. The first-order valence-corrected chi connectivity index (χ1v) is 13.5. The molecule has 2 aliphatic rings. The van der Waals surface area contributed by atoms with Gasteiger partial charge in [-0.05, 0) is 25.1 Å². The van der Waals surface area contributed by atoms with Gasteiger partial charge in [0.1, 0.15) is 5.75 Å². The van der Waals surface area contributed by atoms with Crippen LogP contribution in [0, 0.1) is 10.1 Å². The summed E-state index contributed by atoms with van der Waals surface area (Å²) < 4.78 is 45.8. The molecule has 0 atom stereocenters. The number of nitro benzene ring substituents is 1. The minimum atomic E-state index is -3.64. The van der Waals surface area contributed by atoms with Gasteiger partial charge < -0.3 is 18.8 Å². The molecule has 1 saturated heterocycles. The predicted molar refractivity (Wildman–Crippen MR) is 128 cm³/mol. The summed E-state index contributed by atoms with van der Waals surface area (Å²) >= 11 is 1.42. The second-order valence-electron chi connectivity index (χ2n) is 8.06. The van der Waals surface area contributed by atoms with E-state index < -0.39 is 14.9 Å². The van der Waals surface area contributed by atoms with Crippen LogP contribution in [-0.4, -0.2) is 60.3 Å². The standard InChI is InChI=1S/C22H24N4O7S2/c1-2-25-20-4-3-18(35(29,30)24-5-7-31-8-6-24)11-19(20)23-22(25)34-13-16-10-17(26(27)28)9-15-12-32-14-33-21(15)16/h3-4,9-11H,2,5-8,12-14H2,1H3. The van der Waals surface area contributed by atoms with Crippen LogP contribution >= 0.6 is 11.8 Å². The van der Waals surface area contributed by atoms with Gasteiger partial charge in [0.25, 0.3) is 5.69 Å². The van der Waals surface area contributed by atoms with Crippen molar-refractivity contribution in [1.29, 1.82) is 0 Å². The molecule has 0 unspecified atom stereocenters. The van der Waals surface area contributed by atoms with E-state index in [0.29, 0.717) is 66.2 Å². The Bertz CT molecular complexity index is 1380. The van der Waals surface area contributed by atoms with Gasteiger partial charge in [-0.1, -0.05) is 11.8 Å². The fourth-order valence-corrected chi connectivity index (χ4v) is 6.71. The van der Waals surface area contributed by atoms with E-state index in [-0.39, 0.29) is 24.0 Å². The molecule has 1 aromatic heterocycles. The molecule has 0 saturated carbocycles. The number of aryl methyl sites for hydroxylation is 1. The zero-order valence-electron chi connectivity index (χ0n) is 19.0. The zero-order valence-corrected chi connectivity index (χ0v) is 20.6. The quantitative estimate of drug-likeness (QED) is 0.262. The molecule has 186 valence electrons. The van der Waals surface area contributed by atoms with E-state index in [1.165, 1.54) is 28.2 Å². The van der Waals surface area contributed by atoms with Crippen LogP contribution in [0.1, 0.15) is 18.1 Å². The fourth-order valence-electron chi connectivity index (χ4n) is 4.24. The molecule has 3 heterocycles. The van der Waals surface area contributed by atoms with Crippen LogP contribution in [0.2, 0.25) is 0 Å². The monoisotopic (exact) mass is 520 g/mol. The summed E-state index contributed by atoms with van der Waals surface area (Å²) in [6.07, 6.45) is 0. The third-order valence-electron chi connectivity index (χ3n) is 5.95. The van der Waals surface area contributed by atoms with E-state index in [9.17, 15) is 18.5 Å². The SMILES string of the molecule is CCn1c(SCc2cc([N+](=O)[O-])cc3c2OCOC3)nc2cc(S(=O)(=O)N3CCOCC3)ccc21. The van der Waals surface area contributed by atoms with Crippen molar-refractivity contribution in [1.82, 2.24) is 13.9 Å². The van der Waals surface area contributed by atoms with Gasteiger partial charge in [-0.3, -0.25) is 10.1 Å². The molecule has 11 nitrogen and oxygen atoms in total. The smallest absolute Gasteiger partial charge is 0.270 e. The van der Waals surface area contributed by atoms with Crippen molar-refractivity contribution in [2.45, 2.75) is 35.9 Å². The van der Waals surface area contributed by atoms with Crippen LogP contribution in [0.3, 0.4) is 0 Å².